The smallest absolute Gasteiger partial charge is 0.338 e. The molecule has 1 unspecified atom stereocenters. The van der Waals surface area contributed by atoms with Gasteiger partial charge in [-0.25, -0.2) is 4.79 Å². The number of aliphatic hydroxyl groups excluding tert-OH is 1. The van der Waals surface area contributed by atoms with Gasteiger partial charge < -0.3 is 24.4 Å². The van der Waals surface area contributed by atoms with Crippen molar-refractivity contribution in [2.24, 2.45) is 16.7 Å². The third kappa shape index (κ3) is 3.42. The monoisotopic (exact) mass is 498 g/mol. The van der Waals surface area contributed by atoms with E-state index in [2.05, 4.69) is 6.92 Å². The summed E-state index contributed by atoms with van der Waals surface area (Å²) in [6.45, 7) is 9.22. The van der Waals surface area contributed by atoms with Gasteiger partial charge in [0.05, 0.1) is 29.3 Å². The average molecular weight is 499 g/mol. The second-order valence-corrected chi connectivity index (χ2v) is 12.1. The third-order valence-corrected chi connectivity index (χ3v) is 9.81. The fourth-order valence-corrected chi connectivity index (χ4v) is 7.96. The van der Waals surface area contributed by atoms with Crippen LogP contribution in [0.2, 0.25) is 0 Å². The zero-order valence-corrected chi connectivity index (χ0v) is 21.9. The molecule has 1 aliphatic heterocycles. The number of carbonyl (C=O) groups is 2. The van der Waals surface area contributed by atoms with Crippen molar-refractivity contribution in [1.82, 2.24) is 0 Å². The first-order valence-electron chi connectivity index (χ1n) is 13.0. The van der Waals surface area contributed by atoms with Gasteiger partial charge in [-0.3, -0.25) is 4.79 Å². The second-order valence-electron chi connectivity index (χ2n) is 12.1. The van der Waals surface area contributed by atoms with E-state index in [1.54, 1.807) is 38.1 Å². The first-order valence-corrected chi connectivity index (χ1v) is 13.0. The molecule has 3 fully saturated rings. The highest BCUT2D eigenvalue weighted by Gasteiger charge is 2.75. The summed E-state index contributed by atoms with van der Waals surface area (Å²) in [7, 11) is 0. The summed E-state index contributed by atoms with van der Waals surface area (Å²) in [5.74, 6) is -1.50. The highest BCUT2D eigenvalue weighted by atomic mass is 16.6. The molecular formula is C29H38O7. The summed E-state index contributed by atoms with van der Waals surface area (Å²) in [6, 6.07) is 8.82. The summed E-state index contributed by atoms with van der Waals surface area (Å²) in [5, 5.41) is 23.4. The maximum atomic E-state index is 13.6. The number of esters is 2. The van der Waals surface area contributed by atoms with Crippen LogP contribution in [0, 0.1) is 16.7 Å². The molecule has 0 amide bonds. The Hall–Kier alpha value is -2.22. The van der Waals surface area contributed by atoms with Crippen molar-refractivity contribution in [3.05, 3.63) is 47.0 Å². The maximum absolute atomic E-state index is 13.6. The molecule has 1 aromatic rings. The number of hydrogen-bond donors (Lipinski definition) is 2. The molecule has 1 heterocycles. The van der Waals surface area contributed by atoms with Crippen LogP contribution in [0.1, 0.15) is 77.1 Å². The fourth-order valence-electron chi connectivity index (χ4n) is 7.96. The molecule has 5 rings (SSSR count). The van der Waals surface area contributed by atoms with E-state index in [-0.39, 0.29) is 6.61 Å². The second kappa shape index (κ2) is 8.40. The summed E-state index contributed by atoms with van der Waals surface area (Å²) < 4.78 is 18.5. The van der Waals surface area contributed by atoms with Crippen molar-refractivity contribution < 1.29 is 34.0 Å². The Morgan fingerprint density at radius 3 is 2.42 bits per heavy atom. The van der Waals surface area contributed by atoms with Crippen LogP contribution in [-0.4, -0.2) is 58.3 Å². The van der Waals surface area contributed by atoms with Gasteiger partial charge in [-0.1, -0.05) is 36.3 Å². The van der Waals surface area contributed by atoms with E-state index in [4.69, 9.17) is 14.2 Å². The summed E-state index contributed by atoms with van der Waals surface area (Å²) in [6.07, 6.45) is 0.935. The summed E-state index contributed by atoms with van der Waals surface area (Å²) in [5.41, 5.74) is -1.22. The average Bonchev–Trinajstić information content (AvgIpc) is 3.09. The normalized spacial score (nSPS) is 39.8. The number of hydrogen-bond acceptors (Lipinski definition) is 7. The molecular weight excluding hydrogens is 460 g/mol. The van der Waals surface area contributed by atoms with Crippen LogP contribution in [-0.2, 0) is 19.0 Å². The molecule has 1 aromatic carbocycles. The Kier molecular flexibility index (Phi) is 5.93. The zero-order chi connectivity index (χ0) is 26.1. The Morgan fingerprint density at radius 2 is 1.83 bits per heavy atom. The van der Waals surface area contributed by atoms with E-state index in [0.717, 1.165) is 12.0 Å². The van der Waals surface area contributed by atoms with E-state index < -0.39 is 58.2 Å². The predicted molar refractivity (Wildman–Crippen MR) is 132 cm³/mol. The van der Waals surface area contributed by atoms with Gasteiger partial charge in [-0.2, -0.15) is 0 Å². The van der Waals surface area contributed by atoms with Gasteiger partial charge in [-0.15, -0.1) is 0 Å². The van der Waals surface area contributed by atoms with Crippen LogP contribution < -0.4 is 0 Å². The van der Waals surface area contributed by atoms with Crippen molar-refractivity contribution in [2.45, 2.75) is 96.2 Å². The Labute approximate surface area is 212 Å². The largest absolute Gasteiger partial charge is 0.457 e. The molecule has 36 heavy (non-hydrogen) atoms. The highest BCUT2D eigenvalue weighted by Crippen LogP contribution is 2.67. The molecule has 2 saturated carbocycles. The number of allylic oxidation sites excluding steroid dienone is 1. The number of rotatable bonds is 4. The van der Waals surface area contributed by atoms with Crippen LogP contribution in [0.5, 0.6) is 0 Å². The first-order chi connectivity index (χ1) is 16.9. The van der Waals surface area contributed by atoms with Crippen molar-refractivity contribution in [3.63, 3.8) is 0 Å². The molecule has 3 aliphatic carbocycles. The number of fused-ring (bicyclic) bond motifs is 4. The standard InChI is InChI=1S/C29H38O7/c1-17-11-14-28(26(3,4)33)20(17)12-13-27(5)21(31)15-22-29(16-34-22,36-18(2)30)23(27)24(28)35-25(32)19-9-7-6-8-10-19/h6-10,21-24,31,33H,11-16H2,1-5H3/t21-,22+,23?,24-,27+,28-,29-/m0/s1. The molecule has 2 N–H and O–H groups in total. The van der Waals surface area contributed by atoms with Crippen molar-refractivity contribution in [3.8, 4) is 0 Å². The number of aliphatic hydroxyl groups is 2. The number of ether oxygens (including phenoxy) is 3. The topological polar surface area (TPSA) is 102 Å². The van der Waals surface area contributed by atoms with Crippen molar-refractivity contribution >= 4 is 11.9 Å². The van der Waals surface area contributed by atoms with Crippen LogP contribution in [0.25, 0.3) is 0 Å². The Balaban J connectivity index is 1.75. The molecule has 1 saturated heterocycles. The first kappa shape index (κ1) is 25.4. The van der Waals surface area contributed by atoms with Gasteiger partial charge in [0.25, 0.3) is 0 Å². The van der Waals surface area contributed by atoms with E-state index >= 15 is 0 Å². The van der Waals surface area contributed by atoms with Gasteiger partial charge in [0.2, 0.25) is 0 Å². The third-order valence-electron chi connectivity index (χ3n) is 9.81. The quantitative estimate of drug-likeness (QED) is 0.479. The molecule has 0 bridgehead atoms. The van der Waals surface area contributed by atoms with E-state index in [1.807, 2.05) is 13.0 Å². The zero-order valence-electron chi connectivity index (χ0n) is 21.9. The maximum Gasteiger partial charge on any atom is 0.338 e. The Bertz CT molecular complexity index is 1090. The van der Waals surface area contributed by atoms with E-state index in [1.165, 1.54) is 12.5 Å². The van der Waals surface area contributed by atoms with E-state index in [0.29, 0.717) is 31.2 Å². The SMILES string of the molecule is CC(=O)O[C@@]12CO[C@@H]1C[C@H](O)[C@@]1(C)CCC3=C(C)CC[C@@]3(C(C)(C)O)[C@@H](OC(=O)c3ccccc3)C12. The molecule has 7 heteroatoms. The lowest BCUT2D eigenvalue weighted by Gasteiger charge is -2.65. The van der Waals surface area contributed by atoms with Crippen LogP contribution >= 0.6 is 0 Å². The molecule has 0 spiro atoms. The van der Waals surface area contributed by atoms with Gasteiger partial charge in [0.1, 0.15) is 12.2 Å². The van der Waals surface area contributed by atoms with Gasteiger partial charge >= 0.3 is 11.9 Å². The lowest BCUT2D eigenvalue weighted by atomic mass is 9.50. The van der Waals surface area contributed by atoms with Crippen LogP contribution in [0.3, 0.4) is 0 Å². The fraction of sp³-hybridized carbons (Fsp3) is 0.655. The molecule has 196 valence electrons. The number of carbonyl (C=O) groups excluding carboxylic acids is 2. The lowest BCUT2D eigenvalue weighted by molar-refractivity contribution is -0.341. The highest BCUT2D eigenvalue weighted by molar-refractivity contribution is 5.89. The van der Waals surface area contributed by atoms with E-state index in [9.17, 15) is 19.8 Å². The van der Waals surface area contributed by atoms with Gasteiger partial charge in [0, 0.05) is 24.7 Å². The van der Waals surface area contributed by atoms with Crippen LogP contribution in [0.4, 0.5) is 0 Å². The minimum Gasteiger partial charge on any atom is -0.457 e. The Morgan fingerprint density at radius 1 is 1.14 bits per heavy atom. The molecule has 7 atom stereocenters. The minimum absolute atomic E-state index is 0.170. The lowest BCUT2D eigenvalue weighted by Crippen LogP contribution is -2.77. The molecule has 0 aromatic heterocycles. The summed E-state index contributed by atoms with van der Waals surface area (Å²) >= 11 is 0. The van der Waals surface area contributed by atoms with Crippen molar-refractivity contribution in [2.75, 3.05) is 6.61 Å². The molecule has 0 radical (unpaired) electrons. The molecule has 4 aliphatic rings. The van der Waals surface area contributed by atoms with Crippen LogP contribution in [0.15, 0.2) is 41.5 Å². The molecule has 7 nitrogen and oxygen atoms in total. The van der Waals surface area contributed by atoms with Gasteiger partial charge in [0.15, 0.2) is 5.60 Å². The minimum atomic E-state index is -1.24. The predicted octanol–water partition coefficient (Wildman–Crippen LogP) is 3.96. The van der Waals surface area contributed by atoms with Gasteiger partial charge in [-0.05, 0) is 58.6 Å². The number of benzene rings is 1. The van der Waals surface area contributed by atoms with Crippen molar-refractivity contribution in [1.29, 1.82) is 0 Å². The summed E-state index contributed by atoms with van der Waals surface area (Å²) in [4.78, 5) is 26.1.